The van der Waals surface area contributed by atoms with Gasteiger partial charge in [0.15, 0.2) is 0 Å². The van der Waals surface area contributed by atoms with Gasteiger partial charge in [-0.25, -0.2) is 0 Å². The van der Waals surface area contributed by atoms with Crippen molar-refractivity contribution in [1.82, 2.24) is 10.2 Å². The molecular weight excluding hydrogens is 188 g/mol. The van der Waals surface area contributed by atoms with Crippen LogP contribution in [0.15, 0.2) is 0 Å². The molecule has 0 amide bonds. The molecule has 15 heavy (non-hydrogen) atoms. The molecule has 2 rings (SSSR count). The number of piperidine rings is 1. The lowest BCUT2D eigenvalue weighted by molar-refractivity contribution is -0.146. The number of hydrogen-bond donors (Lipinski definition) is 1. The maximum Gasteiger partial charge on any atom is 0.0833 e. The Hall–Kier alpha value is -0.120. The second kappa shape index (κ2) is 4.81. The lowest BCUT2D eigenvalue weighted by atomic mass is 9.89. The van der Waals surface area contributed by atoms with Crippen LogP contribution in [-0.2, 0) is 4.74 Å². The molecule has 1 spiro atoms. The van der Waals surface area contributed by atoms with Crippen molar-refractivity contribution in [3.05, 3.63) is 0 Å². The SMILES string of the molecule is CCC1COC2(CCNCC2)CN1CC. The fourth-order valence-corrected chi connectivity index (χ4v) is 2.85. The molecule has 2 heterocycles. The van der Waals surface area contributed by atoms with Gasteiger partial charge in [-0.05, 0) is 38.9 Å². The number of rotatable bonds is 2. The van der Waals surface area contributed by atoms with E-state index in [0.29, 0.717) is 6.04 Å². The molecule has 0 bridgehead atoms. The first-order valence-corrected chi connectivity index (χ1v) is 6.38. The van der Waals surface area contributed by atoms with Crippen molar-refractivity contribution < 1.29 is 4.74 Å². The van der Waals surface area contributed by atoms with Crippen LogP contribution < -0.4 is 5.32 Å². The summed E-state index contributed by atoms with van der Waals surface area (Å²) in [5, 5.41) is 3.42. The van der Waals surface area contributed by atoms with E-state index in [1.165, 1.54) is 19.3 Å². The average Bonchev–Trinajstić information content (AvgIpc) is 2.30. The van der Waals surface area contributed by atoms with Crippen molar-refractivity contribution in [2.75, 3.05) is 32.8 Å². The molecule has 1 unspecified atom stereocenters. The Morgan fingerprint density at radius 3 is 2.67 bits per heavy atom. The maximum absolute atomic E-state index is 6.16. The van der Waals surface area contributed by atoms with Crippen LogP contribution in [0.5, 0.6) is 0 Å². The molecule has 2 fully saturated rings. The van der Waals surface area contributed by atoms with Crippen LogP contribution in [0.1, 0.15) is 33.1 Å². The first kappa shape index (κ1) is 11.4. The summed E-state index contributed by atoms with van der Waals surface area (Å²) >= 11 is 0. The van der Waals surface area contributed by atoms with Gasteiger partial charge in [0, 0.05) is 12.6 Å². The van der Waals surface area contributed by atoms with E-state index in [1.807, 2.05) is 0 Å². The number of nitrogens with one attached hydrogen (secondary N) is 1. The van der Waals surface area contributed by atoms with E-state index in [-0.39, 0.29) is 5.60 Å². The normalized spacial score (nSPS) is 32.0. The molecule has 3 nitrogen and oxygen atoms in total. The highest BCUT2D eigenvalue weighted by Crippen LogP contribution is 2.30. The fraction of sp³-hybridized carbons (Fsp3) is 1.00. The van der Waals surface area contributed by atoms with Crippen LogP contribution in [0, 0.1) is 0 Å². The predicted octanol–water partition coefficient (Wildman–Crippen LogP) is 1.24. The molecule has 0 aromatic carbocycles. The first-order valence-electron chi connectivity index (χ1n) is 6.38. The monoisotopic (exact) mass is 212 g/mol. The highest BCUT2D eigenvalue weighted by atomic mass is 16.5. The van der Waals surface area contributed by atoms with Gasteiger partial charge in [-0.2, -0.15) is 0 Å². The van der Waals surface area contributed by atoms with Gasteiger partial charge in [-0.1, -0.05) is 13.8 Å². The Bertz CT molecular complexity index is 202. The second-order valence-electron chi connectivity index (χ2n) is 4.87. The number of likely N-dealkylation sites (N-methyl/N-ethyl adjacent to an activating group) is 1. The summed E-state index contributed by atoms with van der Waals surface area (Å²) in [6.45, 7) is 10.0. The molecule has 0 aliphatic carbocycles. The van der Waals surface area contributed by atoms with Crippen LogP contribution in [0.4, 0.5) is 0 Å². The number of ether oxygens (including phenoxy) is 1. The summed E-state index contributed by atoms with van der Waals surface area (Å²) < 4.78 is 6.16. The molecule has 1 N–H and O–H groups in total. The van der Waals surface area contributed by atoms with Crippen LogP contribution in [0.25, 0.3) is 0 Å². The number of morpholine rings is 1. The Kier molecular flexibility index (Phi) is 3.65. The number of nitrogens with zero attached hydrogens (tertiary/aromatic N) is 1. The van der Waals surface area contributed by atoms with Gasteiger partial charge in [0.1, 0.15) is 0 Å². The highest BCUT2D eigenvalue weighted by Gasteiger charge is 2.40. The van der Waals surface area contributed by atoms with Gasteiger partial charge in [0.05, 0.1) is 12.2 Å². The Balaban J connectivity index is 1.99. The molecule has 2 aliphatic heterocycles. The fourth-order valence-electron chi connectivity index (χ4n) is 2.85. The highest BCUT2D eigenvalue weighted by molar-refractivity contribution is 4.94. The zero-order valence-corrected chi connectivity index (χ0v) is 10.1. The lowest BCUT2D eigenvalue weighted by Gasteiger charge is -2.48. The Morgan fingerprint density at radius 1 is 1.33 bits per heavy atom. The van der Waals surface area contributed by atoms with Gasteiger partial charge in [0.25, 0.3) is 0 Å². The Morgan fingerprint density at radius 2 is 2.07 bits per heavy atom. The predicted molar refractivity (Wildman–Crippen MR) is 62.1 cm³/mol. The van der Waals surface area contributed by atoms with Crippen LogP contribution >= 0.6 is 0 Å². The van der Waals surface area contributed by atoms with Crippen molar-refractivity contribution in [2.45, 2.75) is 44.8 Å². The van der Waals surface area contributed by atoms with E-state index in [9.17, 15) is 0 Å². The summed E-state index contributed by atoms with van der Waals surface area (Å²) in [6, 6.07) is 0.649. The lowest BCUT2D eigenvalue weighted by Crippen LogP contribution is -2.59. The minimum atomic E-state index is 0.174. The standard InChI is InChI=1S/C12H24N2O/c1-3-11-9-15-12(10-14(11)4-2)5-7-13-8-6-12/h11,13H,3-10H2,1-2H3. The summed E-state index contributed by atoms with van der Waals surface area (Å²) in [5.74, 6) is 0. The van der Waals surface area contributed by atoms with Gasteiger partial charge in [-0.3, -0.25) is 4.90 Å². The molecule has 2 saturated heterocycles. The van der Waals surface area contributed by atoms with Crippen LogP contribution in [0.2, 0.25) is 0 Å². The largest absolute Gasteiger partial charge is 0.372 e. The molecular formula is C12H24N2O. The van der Waals surface area contributed by atoms with E-state index in [2.05, 4.69) is 24.1 Å². The smallest absolute Gasteiger partial charge is 0.0833 e. The van der Waals surface area contributed by atoms with Crippen molar-refractivity contribution in [3.63, 3.8) is 0 Å². The molecule has 0 saturated carbocycles. The minimum absolute atomic E-state index is 0.174. The maximum atomic E-state index is 6.16. The third-order valence-corrected chi connectivity index (χ3v) is 3.98. The van der Waals surface area contributed by atoms with Crippen LogP contribution in [0.3, 0.4) is 0 Å². The zero-order chi connectivity index (χ0) is 10.7. The van der Waals surface area contributed by atoms with Gasteiger partial charge in [-0.15, -0.1) is 0 Å². The topological polar surface area (TPSA) is 24.5 Å². The van der Waals surface area contributed by atoms with Crippen molar-refractivity contribution in [3.8, 4) is 0 Å². The summed E-state index contributed by atoms with van der Waals surface area (Å²) in [7, 11) is 0. The molecule has 88 valence electrons. The summed E-state index contributed by atoms with van der Waals surface area (Å²) in [5.41, 5.74) is 0.174. The van der Waals surface area contributed by atoms with Crippen molar-refractivity contribution in [1.29, 1.82) is 0 Å². The molecule has 0 aromatic rings. The molecule has 0 aromatic heterocycles. The second-order valence-corrected chi connectivity index (χ2v) is 4.87. The van der Waals surface area contributed by atoms with Gasteiger partial charge in [0.2, 0.25) is 0 Å². The summed E-state index contributed by atoms with van der Waals surface area (Å²) in [4.78, 5) is 2.61. The summed E-state index contributed by atoms with van der Waals surface area (Å²) in [6.07, 6.45) is 3.57. The van der Waals surface area contributed by atoms with E-state index in [0.717, 1.165) is 32.8 Å². The molecule has 1 atom stereocenters. The molecule has 2 aliphatic rings. The third-order valence-electron chi connectivity index (χ3n) is 3.98. The Labute approximate surface area is 93.2 Å². The first-order chi connectivity index (χ1) is 7.29. The molecule has 3 heteroatoms. The van der Waals surface area contributed by atoms with E-state index in [1.54, 1.807) is 0 Å². The van der Waals surface area contributed by atoms with Gasteiger partial charge < -0.3 is 10.1 Å². The average molecular weight is 212 g/mol. The minimum Gasteiger partial charge on any atom is -0.372 e. The third kappa shape index (κ3) is 2.35. The number of hydrogen-bond acceptors (Lipinski definition) is 3. The van der Waals surface area contributed by atoms with Crippen molar-refractivity contribution >= 4 is 0 Å². The van der Waals surface area contributed by atoms with E-state index < -0.39 is 0 Å². The van der Waals surface area contributed by atoms with Crippen LogP contribution in [-0.4, -0.2) is 49.3 Å². The zero-order valence-electron chi connectivity index (χ0n) is 10.1. The van der Waals surface area contributed by atoms with E-state index in [4.69, 9.17) is 4.74 Å². The quantitative estimate of drug-likeness (QED) is 0.745. The van der Waals surface area contributed by atoms with E-state index >= 15 is 0 Å². The van der Waals surface area contributed by atoms with Crippen molar-refractivity contribution in [2.24, 2.45) is 0 Å². The molecule has 0 radical (unpaired) electrons. The van der Waals surface area contributed by atoms with Gasteiger partial charge >= 0.3 is 0 Å².